The molecule has 2 aromatic carbocycles. The van der Waals surface area contributed by atoms with E-state index < -0.39 is 5.82 Å². The highest BCUT2D eigenvalue weighted by Gasteiger charge is 2.12. The second-order valence-corrected chi connectivity index (χ2v) is 4.59. The molecule has 0 bridgehead atoms. The Morgan fingerprint density at radius 1 is 1.24 bits per heavy atom. The van der Waals surface area contributed by atoms with Gasteiger partial charge in [-0.2, -0.15) is 5.10 Å². The number of nitrogen functional groups attached to an aromatic ring is 1. The lowest BCUT2D eigenvalue weighted by molar-refractivity contribution is 0.196. The molecule has 0 radical (unpaired) electrons. The highest BCUT2D eigenvalue weighted by Crippen LogP contribution is 2.31. The van der Waals surface area contributed by atoms with E-state index in [-0.39, 0.29) is 19.0 Å². The summed E-state index contributed by atoms with van der Waals surface area (Å²) >= 11 is 0. The normalized spacial score (nSPS) is 11.0. The smallest absolute Gasteiger partial charge is 0.165 e. The predicted molar refractivity (Wildman–Crippen MR) is 78.5 cm³/mol. The number of aromatic amines is 1. The van der Waals surface area contributed by atoms with Crippen LogP contribution in [0.4, 0.5) is 10.1 Å². The van der Waals surface area contributed by atoms with Crippen molar-refractivity contribution in [1.29, 1.82) is 0 Å². The lowest BCUT2D eigenvalue weighted by Gasteiger charge is -2.07. The molecule has 0 aliphatic rings. The number of hydrogen-bond donors (Lipinski definition) is 3. The van der Waals surface area contributed by atoms with Gasteiger partial charge in [0.25, 0.3) is 0 Å². The number of nitrogens with one attached hydrogen (secondary N) is 1. The van der Waals surface area contributed by atoms with Gasteiger partial charge in [-0.25, -0.2) is 4.39 Å². The molecule has 0 unspecified atom stereocenters. The van der Waals surface area contributed by atoms with Crippen molar-refractivity contribution in [2.75, 3.05) is 18.9 Å². The lowest BCUT2D eigenvalue weighted by Crippen LogP contribution is -2.03. The van der Waals surface area contributed by atoms with Gasteiger partial charge in [0.1, 0.15) is 12.3 Å². The summed E-state index contributed by atoms with van der Waals surface area (Å²) < 4.78 is 18.8. The third-order valence-corrected chi connectivity index (χ3v) is 3.14. The van der Waals surface area contributed by atoms with E-state index in [0.717, 1.165) is 10.9 Å². The van der Waals surface area contributed by atoms with Gasteiger partial charge in [-0.05, 0) is 36.4 Å². The Morgan fingerprint density at radius 2 is 2.10 bits per heavy atom. The van der Waals surface area contributed by atoms with Gasteiger partial charge in [0.15, 0.2) is 11.6 Å². The van der Waals surface area contributed by atoms with Gasteiger partial charge in [0, 0.05) is 16.6 Å². The van der Waals surface area contributed by atoms with Crippen LogP contribution in [-0.4, -0.2) is 28.5 Å². The maximum Gasteiger partial charge on any atom is 0.165 e. The molecule has 108 valence electrons. The molecule has 1 aromatic heterocycles. The number of hydrogen-bond acceptors (Lipinski definition) is 4. The Balaban J connectivity index is 2.08. The summed E-state index contributed by atoms with van der Waals surface area (Å²) in [4.78, 5) is 0. The number of fused-ring (bicyclic) bond motifs is 1. The molecule has 0 amide bonds. The van der Waals surface area contributed by atoms with E-state index in [1.165, 1.54) is 6.07 Å². The molecule has 3 aromatic rings. The van der Waals surface area contributed by atoms with Crippen molar-refractivity contribution in [3.8, 4) is 17.0 Å². The molecule has 0 aliphatic carbocycles. The van der Waals surface area contributed by atoms with Crippen LogP contribution in [0.15, 0.2) is 36.4 Å². The maximum absolute atomic E-state index is 13.7. The van der Waals surface area contributed by atoms with Crippen LogP contribution in [0, 0.1) is 5.82 Å². The first-order valence-electron chi connectivity index (χ1n) is 6.46. The van der Waals surface area contributed by atoms with Crippen LogP contribution < -0.4 is 10.5 Å². The zero-order valence-electron chi connectivity index (χ0n) is 11.1. The van der Waals surface area contributed by atoms with Crippen LogP contribution in [0.2, 0.25) is 0 Å². The average Bonchev–Trinajstić information content (AvgIpc) is 2.89. The van der Waals surface area contributed by atoms with Crippen molar-refractivity contribution in [3.05, 3.63) is 42.2 Å². The average molecular weight is 287 g/mol. The first-order chi connectivity index (χ1) is 10.2. The van der Waals surface area contributed by atoms with E-state index in [2.05, 4.69) is 10.2 Å². The van der Waals surface area contributed by atoms with Crippen LogP contribution in [0.1, 0.15) is 0 Å². The summed E-state index contributed by atoms with van der Waals surface area (Å²) in [5.74, 6) is -0.395. The zero-order chi connectivity index (χ0) is 14.8. The van der Waals surface area contributed by atoms with Gasteiger partial charge in [0.2, 0.25) is 0 Å². The van der Waals surface area contributed by atoms with Crippen molar-refractivity contribution >= 4 is 16.6 Å². The molecular formula is C15H14FN3O2. The zero-order valence-corrected chi connectivity index (χ0v) is 11.1. The number of H-pyrrole nitrogens is 1. The molecule has 0 spiro atoms. The summed E-state index contributed by atoms with van der Waals surface area (Å²) in [6, 6.07) is 9.93. The number of aliphatic hydroxyl groups is 1. The van der Waals surface area contributed by atoms with Crippen molar-refractivity contribution in [2.45, 2.75) is 0 Å². The molecular weight excluding hydrogens is 273 g/mol. The molecule has 3 rings (SSSR count). The van der Waals surface area contributed by atoms with Gasteiger partial charge in [-0.15, -0.1) is 0 Å². The molecule has 0 saturated heterocycles. The molecule has 5 nitrogen and oxygen atoms in total. The number of aliphatic hydroxyl groups excluding tert-OH is 1. The minimum absolute atomic E-state index is 0.0363. The van der Waals surface area contributed by atoms with E-state index in [1.54, 1.807) is 18.2 Å². The lowest BCUT2D eigenvalue weighted by atomic mass is 10.1. The van der Waals surface area contributed by atoms with Crippen LogP contribution in [0.25, 0.3) is 22.2 Å². The molecule has 6 heteroatoms. The van der Waals surface area contributed by atoms with Crippen molar-refractivity contribution in [2.24, 2.45) is 0 Å². The summed E-state index contributed by atoms with van der Waals surface area (Å²) in [6.07, 6.45) is 0. The molecule has 0 saturated carbocycles. The first kappa shape index (κ1) is 13.4. The second-order valence-electron chi connectivity index (χ2n) is 4.59. The summed E-state index contributed by atoms with van der Waals surface area (Å²) in [5.41, 5.74) is 8.65. The number of anilines is 1. The van der Waals surface area contributed by atoms with E-state index >= 15 is 0 Å². The molecule has 4 N–H and O–H groups in total. The van der Waals surface area contributed by atoms with Gasteiger partial charge in [-0.1, -0.05) is 0 Å². The Labute approximate surface area is 120 Å². The summed E-state index contributed by atoms with van der Waals surface area (Å²) in [5, 5.41) is 16.8. The first-order valence-corrected chi connectivity index (χ1v) is 6.46. The fraction of sp³-hybridized carbons (Fsp3) is 0.133. The van der Waals surface area contributed by atoms with E-state index in [9.17, 15) is 4.39 Å². The monoisotopic (exact) mass is 287 g/mol. The number of benzene rings is 2. The number of ether oxygens (including phenoxy) is 1. The van der Waals surface area contributed by atoms with Gasteiger partial charge >= 0.3 is 0 Å². The minimum Gasteiger partial charge on any atom is -0.488 e. The number of rotatable bonds is 4. The Hall–Kier alpha value is -2.60. The Kier molecular flexibility index (Phi) is 3.45. The minimum atomic E-state index is -0.480. The number of nitrogens with zero attached hydrogens (tertiary/aromatic N) is 1. The van der Waals surface area contributed by atoms with Crippen molar-refractivity contribution < 1.29 is 14.2 Å². The largest absolute Gasteiger partial charge is 0.488 e. The van der Waals surface area contributed by atoms with E-state index in [4.69, 9.17) is 15.6 Å². The standard InChI is InChI=1S/C15H14FN3O2/c16-12-3-1-9(7-14(12)21-6-5-20)15-11-8-10(17)2-4-13(11)18-19-15/h1-4,7-8,20H,5-6,17H2,(H,18,19). The molecule has 1 heterocycles. The van der Waals surface area contributed by atoms with Crippen LogP contribution >= 0.6 is 0 Å². The molecule has 21 heavy (non-hydrogen) atoms. The molecule has 0 aliphatic heterocycles. The highest BCUT2D eigenvalue weighted by atomic mass is 19.1. The van der Waals surface area contributed by atoms with E-state index in [1.807, 2.05) is 12.1 Å². The highest BCUT2D eigenvalue weighted by molar-refractivity contribution is 5.94. The van der Waals surface area contributed by atoms with Crippen molar-refractivity contribution in [1.82, 2.24) is 10.2 Å². The van der Waals surface area contributed by atoms with Crippen molar-refractivity contribution in [3.63, 3.8) is 0 Å². The van der Waals surface area contributed by atoms with Gasteiger partial charge in [-0.3, -0.25) is 5.10 Å². The quantitative estimate of drug-likeness (QED) is 0.643. The van der Waals surface area contributed by atoms with Gasteiger partial charge in [0.05, 0.1) is 12.1 Å². The number of halogens is 1. The van der Waals surface area contributed by atoms with Gasteiger partial charge < -0.3 is 15.6 Å². The molecule has 0 atom stereocenters. The Bertz CT molecular complexity index is 786. The third-order valence-electron chi connectivity index (χ3n) is 3.14. The third kappa shape index (κ3) is 2.53. The molecule has 0 fully saturated rings. The number of aromatic nitrogens is 2. The summed E-state index contributed by atoms with van der Waals surface area (Å²) in [6.45, 7) is -0.139. The second kappa shape index (κ2) is 5.41. The Morgan fingerprint density at radius 3 is 2.90 bits per heavy atom. The summed E-state index contributed by atoms with van der Waals surface area (Å²) in [7, 11) is 0. The van der Waals surface area contributed by atoms with Crippen LogP contribution in [0.5, 0.6) is 5.75 Å². The van der Waals surface area contributed by atoms with Crippen LogP contribution in [0.3, 0.4) is 0 Å². The SMILES string of the molecule is Nc1ccc2[nH]nc(-c3ccc(F)c(OCCO)c3)c2c1. The fourth-order valence-electron chi connectivity index (χ4n) is 2.17. The maximum atomic E-state index is 13.7. The predicted octanol–water partition coefficient (Wildman–Crippen LogP) is 2.32. The van der Waals surface area contributed by atoms with Crippen LogP contribution in [-0.2, 0) is 0 Å². The topological polar surface area (TPSA) is 84.2 Å². The van der Waals surface area contributed by atoms with E-state index in [0.29, 0.717) is 16.9 Å². The number of nitrogens with two attached hydrogens (primary N) is 1. The fourth-order valence-corrected chi connectivity index (χ4v) is 2.17.